The molecule has 0 aliphatic rings. The fraction of sp³-hybridized carbons (Fsp3) is 0.385. The second-order valence-corrected chi connectivity index (χ2v) is 5.14. The van der Waals surface area contributed by atoms with Crippen molar-refractivity contribution in [3.05, 3.63) is 45.5 Å². The van der Waals surface area contributed by atoms with Gasteiger partial charge in [0.25, 0.3) is 0 Å². The third-order valence-electron chi connectivity index (χ3n) is 2.77. The third kappa shape index (κ3) is 2.79. The Balaban J connectivity index is 2.23. The smallest absolute Gasteiger partial charge is 0.226 e. The van der Waals surface area contributed by atoms with Gasteiger partial charge in [-0.05, 0) is 30.5 Å². The maximum Gasteiger partial charge on any atom is 0.226 e. The molecule has 0 aliphatic carbocycles. The van der Waals surface area contributed by atoms with Crippen molar-refractivity contribution in [1.82, 2.24) is 10.1 Å². The Morgan fingerprint density at radius 2 is 2.22 bits per heavy atom. The SMILES string of the molecule is CCCc1nc(C(N)c2ccc(Br)c(C)c2)no1. The van der Waals surface area contributed by atoms with Gasteiger partial charge < -0.3 is 10.3 Å². The van der Waals surface area contributed by atoms with Gasteiger partial charge in [0.15, 0.2) is 5.82 Å². The highest BCUT2D eigenvalue weighted by molar-refractivity contribution is 9.10. The van der Waals surface area contributed by atoms with E-state index >= 15 is 0 Å². The number of hydrogen-bond donors (Lipinski definition) is 1. The molecule has 1 aromatic heterocycles. The molecule has 0 fully saturated rings. The van der Waals surface area contributed by atoms with Crippen LogP contribution in [0.1, 0.15) is 42.2 Å². The lowest BCUT2D eigenvalue weighted by atomic mass is 10.0. The minimum atomic E-state index is -0.342. The van der Waals surface area contributed by atoms with Gasteiger partial charge in [0.05, 0.1) is 6.04 Å². The fourth-order valence-electron chi connectivity index (χ4n) is 1.72. The summed E-state index contributed by atoms with van der Waals surface area (Å²) >= 11 is 3.47. The molecule has 96 valence electrons. The molecule has 5 heteroatoms. The third-order valence-corrected chi connectivity index (χ3v) is 3.66. The molecular weight excluding hydrogens is 294 g/mol. The Hall–Kier alpha value is -1.20. The van der Waals surface area contributed by atoms with Crippen LogP contribution in [0.4, 0.5) is 0 Å². The van der Waals surface area contributed by atoms with E-state index < -0.39 is 0 Å². The molecule has 2 N–H and O–H groups in total. The first kappa shape index (κ1) is 13.2. The lowest BCUT2D eigenvalue weighted by Crippen LogP contribution is -2.13. The molecule has 1 aromatic carbocycles. The van der Waals surface area contributed by atoms with E-state index in [9.17, 15) is 0 Å². The van der Waals surface area contributed by atoms with Gasteiger partial charge in [0, 0.05) is 10.9 Å². The first-order chi connectivity index (χ1) is 8.61. The van der Waals surface area contributed by atoms with Crippen molar-refractivity contribution >= 4 is 15.9 Å². The molecule has 1 heterocycles. The summed E-state index contributed by atoms with van der Waals surface area (Å²) < 4.78 is 6.22. The molecule has 0 spiro atoms. The average molecular weight is 310 g/mol. The van der Waals surface area contributed by atoms with Crippen LogP contribution in [-0.4, -0.2) is 10.1 Å². The standard InChI is InChI=1S/C13H16BrN3O/c1-3-4-11-16-13(17-18-11)12(15)9-5-6-10(14)8(2)7-9/h5-7,12H,3-4,15H2,1-2H3. The predicted molar refractivity (Wildman–Crippen MR) is 73.2 cm³/mol. The van der Waals surface area contributed by atoms with Crippen LogP contribution in [0.5, 0.6) is 0 Å². The lowest BCUT2D eigenvalue weighted by Gasteiger charge is -2.09. The van der Waals surface area contributed by atoms with Crippen molar-refractivity contribution in [2.75, 3.05) is 0 Å². The number of nitrogens with zero attached hydrogens (tertiary/aromatic N) is 2. The largest absolute Gasteiger partial charge is 0.339 e. The zero-order chi connectivity index (χ0) is 13.1. The molecule has 4 nitrogen and oxygen atoms in total. The number of halogens is 1. The van der Waals surface area contributed by atoms with E-state index in [1.54, 1.807) is 0 Å². The molecule has 1 atom stereocenters. The fourth-order valence-corrected chi connectivity index (χ4v) is 1.97. The van der Waals surface area contributed by atoms with Crippen molar-refractivity contribution in [2.45, 2.75) is 32.7 Å². The van der Waals surface area contributed by atoms with Gasteiger partial charge >= 0.3 is 0 Å². The van der Waals surface area contributed by atoms with Crippen molar-refractivity contribution in [3.63, 3.8) is 0 Å². The summed E-state index contributed by atoms with van der Waals surface area (Å²) in [5.41, 5.74) is 8.27. The summed E-state index contributed by atoms with van der Waals surface area (Å²) in [6.45, 7) is 4.10. The molecule has 0 saturated heterocycles. The Morgan fingerprint density at radius 1 is 1.44 bits per heavy atom. The molecular formula is C13H16BrN3O. The average Bonchev–Trinajstić information content (AvgIpc) is 2.81. The molecule has 2 rings (SSSR count). The molecule has 1 unspecified atom stereocenters. The lowest BCUT2D eigenvalue weighted by molar-refractivity contribution is 0.370. The number of hydrogen-bond acceptors (Lipinski definition) is 4. The van der Waals surface area contributed by atoms with Gasteiger partial charge in [0.1, 0.15) is 0 Å². The van der Waals surface area contributed by atoms with Crippen molar-refractivity contribution < 1.29 is 4.52 Å². The number of benzene rings is 1. The summed E-state index contributed by atoms with van der Waals surface area (Å²) in [6, 6.07) is 5.64. The first-order valence-electron chi connectivity index (χ1n) is 5.96. The van der Waals surface area contributed by atoms with Crippen LogP contribution in [-0.2, 0) is 6.42 Å². The van der Waals surface area contributed by atoms with E-state index in [2.05, 4.69) is 33.0 Å². The molecule has 0 amide bonds. The maximum atomic E-state index is 6.14. The van der Waals surface area contributed by atoms with Gasteiger partial charge in [-0.3, -0.25) is 0 Å². The zero-order valence-corrected chi connectivity index (χ0v) is 12.1. The van der Waals surface area contributed by atoms with E-state index in [4.69, 9.17) is 10.3 Å². The van der Waals surface area contributed by atoms with E-state index in [0.717, 1.165) is 28.4 Å². The van der Waals surface area contributed by atoms with Crippen molar-refractivity contribution in [1.29, 1.82) is 0 Å². The van der Waals surface area contributed by atoms with Crippen LogP contribution in [0.2, 0.25) is 0 Å². The normalized spacial score (nSPS) is 12.7. The second kappa shape index (κ2) is 5.63. The quantitative estimate of drug-likeness (QED) is 0.942. The van der Waals surface area contributed by atoms with E-state index in [0.29, 0.717) is 11.7 Å². The number of aromatic nitrogens is 2. The van der Waals surface area contributed by atoms with Crippen LogP contribution in [0.15, 0.2) is 27.2 Å². The monoisotopic (exact) mass is 309 g/mol. The molecule has 0 bridgehead atoms. The number of aryl methyl sites for hydroxylation is 2. The summed E-state index contributed by atoms with van der Waals surface area (Å²) in [4.78, 5) is 4.31. The summed E-state index contributed by atoms with van der Waals surface area (Å²) in [6.07, 6.45) is 1.77. The zero-order valence-electron chi connectivity index (χ0n) is 10.5. The van der Waals surface area contributed by atoms with Gasteiger partial charge in [-0.15, -0.1) is 0 Å². The Labute approximate surface area is 115 Å². The van der Waals surface area contributed by atoms with Crippen LogP contribution in [0, 0.1) is 6.92 Å². The molecule has 0 aliphatic heterocycles. The molecule has 0 radical (unpaired) electrons. The van der Waals surface area contributed by atoms with Crippen LogP contribution in [0.3, 0.4) is 0 Å². The minimum Gasteiger partial charge on any atom is -0.339 e. The summed E-state index contributed by atoms with van der Waals surface area (Å²) in [5, 5.41) is 3.94. The van der Waals surface area contributed by atoms with Gasteiger partial charge in [-0.1, -0.05) is 40.1 Å². The topological polar surface area (TPSA) is 64.9 Å². The molecule has 0 saturated carbocycles. The maximum absolute atomic E-state index is 6.14. The first-order valence-corrected chi connectivity index (χ1v) is 6.75. The summed E-state index contributed by atoms with van der Waals surface area (Å²) in [5.74, 6) is 1.19. The Morgan fingerprint density at radius 3 is 2.89 bits per heavy atom. The highest BCUT2D eigenvalue weighted by Gasteiger charge is 2.16. The Kier molecular flexibility index (Phi) is 4.14. The van der Waals surface area contributed by atoms with Gasteiger partial charge in [-0.2, -0.15) is 4.98 Å². The minimum absolute atomic E-state index is 0.342. The van der Waals surface area contributed by atoms with Gasteiger partial charge in [-0.25, -0.2) is 0 Å². The van der Waals surface area contributed by atoms with Crippen LogP contribution < -0.4 is 5.73 Å². The van der Waals surface area contributed by atoms with E-state index in [-0.39, 0.29) is 6.04 Å². The summed E-state index contributed by atoms with van der Waals surface area (Å²) in [7, 11) is 0. The van der Waals surface area contributed by atoms with E-state index in [1.807, 2.05) is 25.1 Å². The predicted octanol–water partition coefficient (Wildman–Crippen LogP) is 3.14. The highest BCUT2D eigenvalue weighted by atomic mass is 79.9. The van der Waals surface area contributed by atoms with E-state index in [1.165, 1.54) is 0 Å². The number of nitrogens with two attached hydrogens (primary N) is 1. The molecule has 2 aromatic rings. The Bertz CT molecular complexity index is 539. The second-order valence-electron chi connectivity index (χ2n) is 4.28. The molecule has 18 heavy (non-hydrogen) atoms. The van der Waals surface area contributed by atoms with Crippen LogP contribution >= 0.6 is 15.9 Å². The number of rotatable bonds is 4. The van der Waals surface area contributed by atoms with Crippen molar-refractivity contribution in [3.8, 4) is 0 Å². The van der Waals surface area contributed by atoms with Crippen molar-refractivity contribution in [2.24, 2.45) is 5.73 Å². The highest BCUT2D eigenvalue weighted by Crippen LogP contribution is 2.23. The van der Waals surface area contributed by atoms with Crippen LogP contribution in [0.25, 0.3) is 0 Å². The van der Waals surface area contributed by atoms with Gasteiger partial charge in [0.2, 0.25) is 5.89 Å².